The average Bonchev–Trinajstić information content (AvgIpc) is 3.08. The standard InChI is InChI=1S/C18H14N6O/c25-11-7-13-2-4-14(5-3-13)22-17-19-9-6-15(23-17)16-12-21-18-20-8-1-10-24(16)18/h1-6,8-12H,7H2,(H,19,22,23). The van der Waals surface area contributed by atoms with Gasteiger partial charge in [-0.1, -0.05) is 12.1 Å². The molecule has 0 radical (unpaired) electrons. The number of benzene rings is 1. The molecular formula is C18H14N6O. The van der Waals surface area contributed by atoms with E-state index in [-0.39, 0.29) is 0 Å². The van der Waals surface area contributed by atoms with Crippen molar-refractivity contribution in [3.05, 3.63) is 66.7 Å². The van der Waals surface area contributed by atoms with Crippen LogP contribution >= 0.6 is 0 Å². The normalized spacial score (nSPS) is 10.7. The second kappa shape index (κ2) is 6.48. The molecule has 0 unspecified atom stereocenters. The summed E-state index contributed by atoms with van der Waals surface area (Å²) in [5.41, 5.74) is 3.41. The van der Waals surface area contributed by atoms with Gasteiger partial charge in [0.1, 0.15) is 6.29 Å². The zero-order valence-electron chi connectivity index (χ0n) is 13.2. The van der Waals surface area contributed by atoms with Gasteiger partial charge in [-0.3, -0.25) is 4.40 Å². The zero-order valence-corrected chi connectivity index (χ0v) is 13.2. The van der Waals surface area contributed by atoms with Gasteiger partial charge in [0, 0.05) is 30.7 Å². The molecule has 0 aliphatic rings. The molecule has 7 nitrogen and oxygen atoms in total. The van der Waals surface area contributed by atoms with Gasteiger partial charge in [0.05, 0.1) is 17.6 Å². The summed E-state index contributed by atoms with van der Waals surface area (Å²) in [6, 6.07) is 11.3. The summed E-state index contributed by atoms with van der Waals surface area (Å²) in [5, 5.41) is 3.17. The molecule has 0 saturated carbocycles. The zero-order chi connectivity index (χ0) is 17.1. The molecule has 1 N–H and O–H groups in total. The molecule has 0 fully saturated rings. The SMILES string of the molecule is O=CCc1ccc(Nc2nccc(-c3cnc4ncccn34)n2)cc1. The highest BCUT2D eigenvalue weighted by atomic mass is 16.1. The molecule has 3 heterocycles. The molecule has 25 heavy (non-hydrogen) atoms. The summed E-state index contributed by atoms with van der Waals surface area (Å²) in [4.78, 5) is 27.8. The molecule has 1 aromatic carbocycles. The Morgan fingerprint density at radius 1 is 1.04 bits per heavy atom. The number of fused-ring (bicyclic) bond motifs is 1. The van der Waals surface area contributed by atoms with E-state index < -0.39 is 0 Å². The molecule has 4 rings (SSSR count). The number of nitrogens with one attached hydrogen (secondary N) is 1. The summed E-state index contributed by atoms with van der Waals surface area (Å²) in [6.45, 7) is 0. The molecule has 122 valence electrons. The maximum Gasteiger partial charge on any atom is 0.234 e. The van der Waals surface area contributed by atoms with Gasteiger partial charge in [-0.25, -0.2) is 19.9 Å². The van der Waals surface area contributed by atoms with Gasteiger partial charge in [-0.2, -0.15) is 0 Å². The Kier molecular flexibility index (Phi) is 3.88. The molecule has 0 atom stereocenters. The first-order chi connectivity index (χ1) is 12.3. The predicted molar refractivity (Wildman–Crippen MR) is 93.5 cm³/mol. The fraction of sp³-hybridized carbons (Fsp3) is 0.0556. The van der Waals surface area contributed by atoms with Crippen LogP contribution in [0.4, 0.5) is 11.6 Å². The molecule has 0 aliphatic heterocycles. The van der Waals surface area contributed by atoms with Gasteiger partial charge < -0.3 is 10.1 Å². The van der Waals surface area contributed by atoms with Crippen LogP contribution in [0.2, 0.25) is 0 Å². The summed E-state index contributed by atoms with van der Waals surface area (Å²) < 4.78 is 1.88. The number of aldehydes is 1. The Bertz CT molecular complexity index is 1030. The molecule has 0 bridgehead atoms. The summed E-state index contributed by atoms with van der Waals surface area (Å²) in [6.07, 6.45) is 8.33. The molecule has 3 aromatic heterocycles. The van der Waals surface area contributed by atoms with Crippen molar-refractivity contribution in [1.29, 1.82) is 0 Å². The van der Waals surface area contributed by atoms with Crippen molar-refractivity contribution in [3.8, 4) is 11.4 Å². The third-order valence-electron chi connectivity index (χ3n) is 3.74. The van der Waals surface area contributed by atoms with E-state index in [4.69, 9.17) is 0 Å². The lowest BCUT2D eigenvalue weighted by molar-refractivity contribution is -0.107. The van der Waals surface area contributed by atoms with E-state index in [2.05, 4.69) is 25.3 Å². The van der Waals surface area contributed by atoms with Gasteiger partial charge in [0.15, 0.2) is 0 Å². The molecule has 0 spiro atoms. The highest BCUT2D eigenvalue weighted by molar-refractivity contribution is 5.62. The highest BCUT2D eigenvalue weighted by Crippen LogP contribution is 2.20. The monoisotopic (exact) mass is 330 g/mol. The second-order valence-corrected chi connectivity index (χ2v) is 5.39. The Hall–Kier alpha value is -3.61. The van der Waals surface area contributed by atoms with E-state index >= 15 is 0 Å². The van der Waals surface area contributed by atoms with Crippen LogP contribution in [0.15, 0.2) is 61.2 Å². The van der Waals surface area contributed by atoms with Gasteiger partial charge in [0.25, 0.3) is 0 Å². The van der Waals surface area contributed by atoms with Crippen LogP contribution in [-0.4, -0.2) is 30.6 Å². The lowest BCUT2D eigenvalue weighted by atomic mass is 10.1. The summed E-state index contributed by atoms with van der Waals surface area (Å²) >= 11 is 0. The Morgan fingerprint density at radius 2 is 1.92 bits per heavy atom. The number of nitrogens with zero attached hydrogens (tertiary/aromatic N) is 5. The second-order valence-electron chi connectivity index (χ2n) is 5.39. The van der Waals surface area contributed by atoms with Crippen molar-refractivity contribution < 1.29 is 4.79 Å². The van der Waals surface area contributed by atoms with Crippen LogP contribution in [0.25, 0.3) is 17.2 Å². The van der Waals surface area contributed by atoms with Crippen molar-refractivity contribution in [1.82, 2.24) is 24.3 Å². The number of carbonyl (C=O) groups excluding carboxylic acids is 1. The van der Waals surface area contributed by atoms with E-state index in [1.165, 1.54) is 0 Å². The van der Waals surface area contributed by atoms with Crippen LogP contribution < -0.4 is 5.32 Å². The predicted octanol–water partition coefficient (Wildman–Crippen LogP) is 2.67. The van der Waals surface area contributed by atoms with Crippen molar-refractivity contribution in [2.45, 2.75) is 6.42 Å². The number of anilines is 2. The van der Waals surface area contributed by atoms with E-state index in [1.807, 2.05) is 47.0 Å². The fourth-order valence-corrected chi connectivity index (χ4v) is 2.53. The molecule has 0 aliphatic carbocycles. The van der Waals surface area contributed by atoms with E-state index in [1.54, 1.807) is 18.6 Å². The quantitative estimate of drug-likeness (QED) is 0.566. The first-order valence-corrected chi connectivity index (χ1v) is 7.74. The maximum absolute atomic E-state index is 10.5. The number of rotatable bonds is 5. The largest absolute Gasteiger partial charge is 0.324 e. The molecule has 7 heteroatoms. The van der Waals surface area contributed by atoms with Crippen molar-refractivity contribution >= 4 is 23.7 Å². The molecule has 4 aromatic rings. The van der Waals surface area contributed by atoms with Gasteiger partial charge in [-0.05, 0) is 29.8 Å². The van der Waals surface area contributed by atoms with E-state index in [0.717, 1.165) is 28.9 Å². The maximum atomic E-state index is 10.5. The van der Waals surface area contributed by atoms with E-state index in [9.17, 15) is 4.79 Å². The van der Waals surface area contributed by atoms with Gasteiger partial charge >= 0.3 is 0 Å². The van der Waals surface area contributed by atoms with Crippen molar-refractivity contribution in [2.24, 2.45) is 0 Å². The van der Waals surface area contributed by atoms with Crippen molar-refractivity contribution in [2.75, 3.05) is 5.32 Å². The number of hydrogen-bond donors (Lipinski definition) is 1. The first kappa shape index (κ1) is 14.9. The van der Waals surface area contributed by atoms with Crippen molar-refractivity contribution in [3.63, 3.8) is 0 Å². The fourth-order valence-electron chi connectivity index (χ4n) is 2.53. The smallest absolute Gasteiger partial charge is 0.234 e. The average molecular weight is 330 g/mol. The van der Waals surface area contributed by atoms with Crippen LogP contribution in [0.1, 0.15) is 5.56 Å². The van der Waals surface area contributed by atoms with E-state index in [0.29, 0.717) is 18.1 Å². The van der Waals surface area contributed by atoms with Gasteiger partial charge in [0.2, 0.25) is 11.7 Å². The van der Waals surface area contributed by atoms with Crippen LogP contribution in [0, 0.1) is 0 Å². The Balaban J connectivity index is 1.62. The molecule has 0 amide bonds. The highest BCUT2D eigenvalue weighted by Gasteiger charge is 2.09. The number of carbonyl (C=O) groups is 1. The lowest BCUT2D eigenvalue weighted by Gasteiger charge is -2.07. The minimum absolute atomic E-state index is 0.411. The van der Waals surface area contributed by atoms with Crippen LogP contribution in [0.5, 0.6) is 0 Å². The van der Waals surface area contributed by atoms with Crippen LogP contribution in [0.3, 0.4) is 0 Å². The summed E-state index contributed by atoms with van der Waals surface area (Å²) in [7, 11) is 0. The van der Waals surface area contributed by atoms with Crippen LogP contribution in [-0.2, 0) is 11.2 Å². The Morgan fingerprint density at radius 3 is 2.76 bits per heavy atom. The molecular weight excluding hydrogens is 316 g/mol. The number of aromatic nitrogens is 5. The minimum atomic E-state index is 0.411. The number of imidazole rings is 1. The molecule has 0 saturated heterocycles. The first-order valence-electron chi connectivity index (χ1n) is 7.74. The summed E-state index contributed by atoms with van der Waals surface area (Å²) in [5.74, 6) is 1.11. The third-order valence-corrected chi connectivity index (χ3v) is 3.74. The Labute approximate surface area is 143 Å². The lowest BCUT2D eigenvalue weighted by Crippen LogP contribution is -1.99. The topological polar surface area (TPSA) is 85.1 Å². The minimum Gasteiger partial charge on any atom is -0.324 e. The third kappa shape index (κ3) is 3.07. The van der Waals surface area contributed by atoms with Gasteiger partial charge in [-0.15, -0.1) is 0 Å². The number of hydrogen-bond acceptors (Lipinski definition) is 6.